The van der Waals surface area contributed by atoms with Gasteiger partial charge in [-0.1, -0.05) is 37.3 Å². The van der Waals surface area contributed by atoms with E-state index >= 15 is 0 Å². The van der Waals surface area contributed by atoms with Gasteiger partial charge in [0.25, 0.3) is 0 Å². The summed E-state index contributed by atoms with van der Waals surface area (Å²) in [5, 5.41) is 29.6. The second-order valence-corrected chi connectivity index (χ2v) is 6.07. The Labute approximate surface area is 149 Å². The van der Waals surface area contributed by atoms with Crippen molar-refractivity contribution in [2.75, 3.05) is 0 Å². The molecule has 0 aliphatic heterocycles. The molecule has 0 radical (unpaired) electrons. The third kappa shape index (κ3) is 3.01. The fourth-order valence-electron chi connectivity index (χ4n) is 3.45. The average molecular weight is 353 g/mol. The standard InChI is InChI=1S/C20H19NO5/c1-2-16-15(10-18(23)24)13-7-5-8-14(20(25)26)19(13)21(16)11-12-6-3-4-9-17(12)22/h3-9,22H,2,10-11H2,1H3,(H,23,24)(H,25,26). The van der Waals surface area contributed by atoms with Gasteiger partial charge >= 0.3 is 11.9 Å². The maximum absolute atomic E-state index is 11.7. The number of fused-ring (bicyclic) bond motifs is 1. The number of hydrogen-bond acceptors (Lipinski definition) is 3. The van der Waals surface area contributed by atoms with Crippen LogP contribution < -0.4 is 0 Å². The van der Waals surface area contributed by atoms with Crippen molar-refractivity contribution in [2.24, 2.45) is 0 Å². The van der Waals surface area contributed by atoms with E-state index in [2.05, 4.69) is 0 Å². The first-order valence-electron chi connectivity index (χ1n) is 8.29. The summed E-state index contributed by atoms with van der Waals surface area (Å²) in [6.45, 7) is 2.16. The van der Waals surface area contributed by atoms with E-state index in [1.165, 1.54) is 6.07 Å². The smallest absolute Gasteiger partial charge is 0.337 e. The second-order valence-electron chi connectivity index (χ2n) is 6.07. The molecule has 1 heterocycles. The molecule has 1 aromatic heterocycles. The van der Waals surface area contributed by atoms with E-state index < -0.39 is 11.9 Å². The lowest BCUT2D eigenvalue weighted by Gasteiger charge is -2.13. The molecule has 2 aromatic carbocycles. The average Bonchev–Trinajstić information content (AvgIpc) is 2.89. The molecule has 0 bridgehead atoms. The minimum Gasteiger partial charge on any atom is -0.508 e. The van der Waals surface area contributed by atoms with Crippen molar-refractivity contribution in [1.82, 2.24) is 4.57 Å². The number of aromatic nitrogens is 1. The number of para-hydroxylation sites is 2. The number of aromatic hydroxyl groups is 1. The number of nitrogens with zero attached hydrogens (tertiary/aromatic N) is 1. The van der Waals surface area contributed by atoms with Gasteiger partial charge in [-0.3, -0.25) is 4.79 Å². The molecular formula is C20H19NO5. The molecule has 0 atom stereocenters. The topological polar surface area (TPSA) is 99.8 Å². The van der Waals surface area contributed by atoms with Crippen molar-refractivity contribution in [3.05, 3.63) is 64.8 Å². The summed E-state index contributed by atoms with van der Waals surface area (Å²) in [4.78, 5) is 23.1. The van der Waals surface area contributed by atoms with Gasteiger partial charge in [0.15, 0.2) is 0 Å². The molecule has 134 valence electrons. The SMILES string of the molecule is CCc1c(CC(=O)O)c2cccc(C(=O)O)c2n1Cc1ccccc1O. The van der Waals surface area contributed by atoms with Crippen LogP contribution in [0, 0.1) is 0 Å². The Kier molecular flexibility index (Phi) is 4.67. The van der Waals surface area contributed by atoms with Crippen LogP contribution in [0.15, 0.2) is 42.5 Å². The van der Waals surface area contributed by atoms with E-state index in [0.29, 0.717) is 28.5 Å². The summed E-state index contributed by atoms with van der Waals surface area (Å²) in [7, 11) is 0. The van der Waals surface area contributed by atoms with Crippen molar-refractivity contribution < 1.29 is 24.9 Å². The molecule has 0 saturated carbocycles. The zero-order valence-corrected chi connectivity index (χ0v) is 14.3. The summed E-state index contributed by atoms with van der Waals surface area (Å²) in [6.07, 6.45) is 0.362. The minimum atomic E-state index is -1.07. The van der Waals surface area contributed by atoms with E-state index in [9.17, 15) is 24.9 Å². The van der Waals surface area contributed by atoms with Crippen molar-refractivity contribution in [2.45, 2.75) is 26.3 Å². The summed E-state index contributed by atoms with van der Waals surface area (Å²) >= 11 is 0. The number of carbonyl (C=O) groups is 2. The van der Waals surface area contributed by atoms with E-state index in [4.69, 9.17) is 0 Å². The first kappa shape index (κ1) is 17.5. The number of carboxylic acids is 2. The molecule has 0 fully saturated rings. The quantitative estimate of drug-likeness (QED) is 0.631. The lowest BCUT2D eigenvalue weighted by Crippen LogP contribution is -2.09. The molecule has 0 aliphatic carbocycles. The van der Waals surface area contributed by atoms with Gasteiger partial charge in [-0.25, -0.2) is 4.79 Å². The molecule has 3 rings (SSSR count). The Hall–Kier alpha value is -3.28. The molecule has 6 heteroatoms. The Morgan fingerprint density at radius 2 is 1.77 bits per heavy atom. The normalized spacial score (nSPS) is 11.0. The summed E-state index contributed by atoms with van der Waals surface area (Å²) in [6, 6.07) is 11.7. The van der Waals surface area contributed by atoms with E-state index in [1.807, 2.05) is 11.5 Å². The number of phenols is 1. The highest BCUT2D eigenvalue weighted by Gasteiger charge is 2.22. The molecule has 6 nitrogen and oxygen atoms in total. The lowest BCUT2D eigenvalue weighted by atomic mass is 10.0. The van der Waals surface area contributed by atoms with E-state index in [0.717, 1.165) is 5.69 Å². The van der Waals surface area contributed by atoms with Crippen LogP contribution in [-0.2, 0) is 24.2 Å². The Balaban J connectivity index is 2.33. The number of aromatic carboxylic acids is 1. The highest BCUT2D eigenvalue weighted by atomic mass is 16.4. The fourth-order valence-corrected chi connectivity index (χ4v) is 3.45. The van der Waals surface area contributed by atoms with Crippen molar-refractivity contribution >= 4 is 22.8 Å². The number of rotatable bonds is 6. The van der Waals surface area contributed by atoms with Crippen LogP contribution in [0.25, 0.3) is 10.9 Å². The van der Waals surface area contributed by atoms with Crippen LogP contribution >= 0.6 is 0 Å². The third-order valence-corrected chi connectivity index (χ3v) is 4.52. The van der Waals surface area contributed by atoms with Gasteiger partial charge in [-0.05, 0) is 24.1 Å². The Morgan fingerprint density at radius 1 is 1.04 bits per heavy atom. The van der Waals surface area contributed by atoms with E-state index in [1.54, 1.807) is 36.4 Å². The fraction of sp³-hybridized carbons (Fsp3) is 0.200. The number of benzene rings is 2. The molecule has 3 aromatic rings. The van der Waals surface area contributed by atoms with Crippen molar-refractivity contribution in [3.8, 4) is 5.75 Å². The molecular weight excluding hydrogens is 334 g/mol. The number of hydrogen-bond donors (Lipinski definition) is 3. The first-order valence-corrected chi connectivity index (χ1v) is 8.29. The molecule has 0 aliphatic rings. The van der Waals surface area contributed by atoms with E-state index in [-0.39, 0.29) is 24.3 Å². The van der Waals surface area contributed by atoms with Gasteiger partial charge in [0.2, 0.25) is 0 Å². The monoisotopic (exact) mass is 353 g/mol. The molecule has 26 heavy (non-hydrogen) atoms. The van der Waals surface area contributed by atoms with Gasteiger partial charge in [-0.15, -0.1) is 0 Å². The first-order chi connectivity index (χ1) is 12.4. The zero-order valence-electron chi connectivity index (χ0n) is 14.3. The second kappa shape index (κ2) is 6.92. The van der Waals surface area contributed by atoms with Gasteiger partial charge in [0.05, 0.1) is 24.0 Å². The van der Waals surface area contributed by atoms with Crippen molar-refractivity contribution in [1.29, 1.82) is 0 Å². The van der Waals surface area contributed by atoms with Gasteiger partial charge in [-0.2, -0.15) is 0 Å². The predicted molar refractivity (Wildman–Crippen MR) is 96.8 cm³/mol. The molecule has 0 spiro atoms. The molecule has 3 N–H and O–H groups in total. The van der Waals surface area contributed by atoms with Crippen LogP contribution in [-0.4, -0.2) is 31.8 Å². The number of aliphatic carboxylic acids is 1. The lowest BCUT2D eigenvalue weighted by molar-refractivity contribution is -0.136. The number of carboxylic acid groups (broad SMARTS) is 2. The summed E-state index contributed by atoms with van der Waals surface area (Å²) < 4.78 is 1.81. The van der Waals surface area contributed by atoms with Crippen LogP contribution in [0.4, 0.5) is 0 Å². The molecule has 0 amide bonds. The Morgan fingerprint density at radius 3 is 2.38 bits per heavy atom. The highest BCUT2D eigenvalue weighted by molar-refractivity contribution is 6.04. The number of phenolic OH excluding ortho intramolecular Hbond substituents is 1. The van der Waals surface area contributed by atoms with Crippen LogP contribution in [0.5, 0.6) is 5.75 Å². The van der Waals surface area contributed by atoms with Gasteiger partial charge in [0.1, 0.15) is 5.75 Å². The highest BCUT2D eigenvalue weighted by Crippen LogP contribution is 2.32. The van der Waals surface area contributed by atoms with Gasteiger partial charge < -0.3 is 19.9 Å². The van der Waals surface area contributed by atoms with Crippen molar-refractivity contribution in [3.63, 3.8) is 0 Å². The molecule has 0 unspecified atom stereocenters. The van der Waals surface area contributed by atoms with Crippen LogP contribution in [0.1, 0.15) is 34.1 Å². The largest absolute Gasteiger partial charge is 0.508 e. The minimum absolute atomic E-state index is 0.115. The summed E-state index contributed by atoms with van der Waals surface area (Å²) in [5.41, 5.74) is 2.62. The van der Waals surface area contributed by atoms with Crippen LogP contribution in [0.2, 0.25) is 0 Å². The molecule has 0 saturated heterocycles. The third-order valence-electron chi connectivity index (χ3n) is 4.52. The zero-order chi connectivity index (χ0) is 18.8. The Bertz CT molecular complexity index is 1000. The summed E-state index contributed by atoms with van der Waals surface area (Å²) in [5.74, 6) is -1.93. The predicted octanol–water partition coefficient (Wildman–Crippen LogP) is 3.28. The van der Waals surface area contributed by atoms with Gasteiger partial charge in [0, 0.05) is 16.6 Å². The maximum atomic E-state index is 11.7. The maximum Gasteiger partial charge on any atom is 0.337 e. The van der Waals surface area contributed by atoms with Crippen LogP contribution in [0.3, 0.4) is 0 Å².